The van der Waals surface area contributed by atoms with Crippen LogP contribution < -0.4 is 9.47 Å². The largest absolute Gasteiger partial charge is 0.494 e. The molecular formula is C23H18F3NO5. The highest BCUT2D eigenvalue weighted by atomic mass is 19.3. The first-order valence-electron chi connectivity index (χ1n) is 9.68. The van der Waals surface area contributed by atoms with Crippen molar-refractivity contribution in [1.82, 2.24) is 4.57 Å². The Kier molecular flexibility index (Phi) is 5.56. The Balaban J connectivity index is 2.03. The summed E-state index contributed by atoms with van der Waals surface area (Å²) in [5, 5.41) is 20.8. The Labute approximate surface area is 180 Å². The van der Waals surface area contributed by atoms with Crippen LogP contribution in [0.2, 0.25) is 0 Å². The molecule has 9 heteroatoms. The quantitative estimate of drug-likeness (QED) is 0.406. The molecule has 0 fully saturated rings. The molecule has 4 rings (SSSR count). The first kappa shape index (κ1) is 21.4. The standard InChI is InChI=1S/C23H18F3NO5/c1-2-31-20-13-5-3-4-6-14(13)21(32-23(25)26)19-15(20)11-27(22(19)30)17-8-7-12(9-16(17)24)10-18(28)29/h3-9,11,23,30H,2,10H2,1H3,(H,28,29). The topological polar surface area (TPSA) is 80.9 Å². The van der Waals surface area contributed by atoms with Crippen LogP contribution in [0, 0.1) is 5.82 Å². The molecular weight excluding hydrogens is 427 g/mol. The van der Waals surface area contributed by atoms with Gasteiger partial charge in [-0.2, -0.15) is 8.78 Å². The lowest BCUT2D eigenvalue weighted by molar-refractivity contribution is -0.136. The van der Waals surface area contributed by atoms with Gasteiger partial charge in [0.2, 0.25) is 5.88 Å². The van der Waals surface area contributed by atoms with Gasteiger partial charge in [-0.3, -0.25) is 9.36 Å². The van der Waals surface area contributed by atoms with Gasteiger partial charge < -0.3 is 19.7 Å². The lowest BCUT2D eigenvalue weighted by Gasteiger charge is -2.14. The second-order valence-electron chi connectivity index (χ2n) is 6.98. The third-order valence-corrected chi connectivity index (χ3v) is 4.99. The second kappa shape index (κ2) is 8.33. The Hall–Kier alpha value is -3.88. The lowest BCUT2D eigenvalue weighted by atomic mass is 10.0. The lowest BCUT2D eigenvalue weighted by Crippen LogP contribution is -2.04. The summed E-state index contributed by atoms with van der Waals surface area (Å²) >= 11 is 0. The monoisotopic (exact) mass is 445 g/mol. The fourth-order valence-electron chi connectivity index (χ4n) is 3.78. The number of nitrogens with zero attached hydrogens (tertiary/aromatic N) is 1. The van der Waals surface area contributed by atoms with Gasteiger partial charge in [-0.25, -0.2) is 4.39 Å². The molecule has 6 nitrogen and oxygen atoms in total. The van der Waals surface area contributed by atoms with Crippen LogP contribution in [-0.2, 0) is 11.2 Å². The van der Waals surface area contributed by atoms with E-state index in [1.165, 1.54) is 18.3 Å². The van der Waals surface area contributed by atoms with E-state index in [2.05, 4.69) is 0 Å². The molecule has 4 aromatic rings. The number of aromatic hydroxyl groups is 1. The minimum Gasteiger partial charge on any atom is -0.494 e. The molecule has 0 unspecified atom stereocenters. The molecule has 3 aromatic carbocycles. The summed E-state index contributed by atoms with van der Waals surface area (Å²) in [6.07, 6.45) is 0.999. The second-order valence-corrected chi connectivity index (χ2v) is 6.98. The fourth-order valence-corrected chi connectivity index (χ4v) is 3.78. The van der Waals surface area contributed by atoms with E-state index in [9.17, 15) is 23.1 Å². The van der Waals surface area contributed by atoms with Crippen LogP contribution in [0.1, 0.15) is 12.5 Å². The van der Waals surface area contributed by atoms with Crippen molar-refractivity contribution in [3.8, 4) is 23.1 Å². The van der Waals surface area contributed by atoms with Crippen LogP contribution in [0.4, 0.5) is 13.2 Å². The number of aromatic nitrogens is 1. The average Bonchev–Trinajstić information content (AvgIpc) is 3.07. The summed E-state index contributed by atoms with van der Waals surface area (Å²) in [6, 6.07) is 10.3. The predicted octanol–water partition coefficient (Wildman–Crippen LogP) is 5.26. The normalized spacial score (nSPS) is 11.4. The van der Waals surface area contributed by atoms with Crippen molar-refractivity contribution in [3.05, 3.63) is 60.0 Å². The Morgan fingerprint density at radius 1 is 1.09 bits per heavy atom. The molecule has 1 aromatic heterocycles. The first-order valence-corrected chi connectivity index (χ1v) is 9.68. The van der Waals surface area contributed by atoms with Crippen LogP contribution in [0.25, 0.3) is 27.2 Å². The van der Waals surface area contributed by atoms with E-state index in [0.717, 1.165) is 10.6 Å². The summed E-state index contributed by atoms with van der Waals surface area (Å²) in [6.45, 7) is -1.14. The third kappa shape index (κ3) is 3.66. The molecule has 0 saturated carbocycles. The molecule has 0 spiro atoms. The van der Waals surface area contributed by atoms with E-state index in [1.807, 2.05) is 0 Å². The number of alkyl halides is 2. The van der Waals surface area contributed by atoms with Crippen molar-refractivity contribution in [2.24, 2.45) is 0 Å². The maximum atomic E-state index is 14.8. The smallest absolute Gasteiger partial charge is 0.387 e. The predicted molar refractivity (Wildman–Crippen MR) is 112 cm³/mol. The average molecular weight is 445 g/mol. The summed E-state index contributed by atoms with van der Waals surface area (Å²) in [5.74, 6) is -2.36. The van der Waals surface area contributed by atoms with E-state index < -0.39 is 24.3 Å². The summed E-state index contributed by atoms with van der Waals surface area (Å²) < 4.78 is 53.0. The molecule has 2 N–H and O–H groups in total. The van der Waals surface area contributed by atoms with Crippen molar-refractivity contribution < 1.29 is 37.7 Å². The number of carboxylic acids is 1. The zero-order valence-electron chi connectivity index (χ0n) is 16.8. The summed E-state index contributed by atoms with van der Waals surface area (Å²) in [4.78, 5) is 10.9. The van der Waals surface area contributed by atoms with Gasteiger partial charge in [0.25, 0.3) is 0 Å². The minimum atomic E-state index is -3.16. The summed E-state index contributed by atoms with van der Waals surface area (Å²) in [5.41, 5.74) is 0.139. The molecule has 0 aliphatic heterocycles. The molecule has 0 aliphatic rings. The number of benzene rings is 3. The number of hydrogen-bond donors (Lipinski definition) is 2. The molecule has 1 heterocycles. The van der Waals surface area contributed by atoms with Crippen molar-refractivity contribution in [2.45, 2.75) is 20.0 Å². The van der Waals surface area contributed by atoms with Crippen LogP contribution in [0.15, 0.2) is 48.7 Å². The van der Waals surface area contributed by atoms with Crippen molar-refractivity contribution in [2.75, 3.05) is 6.61 Å². The van der Waals surface area contributed by atoms with E-state index in [1.54, 1.807) is 31.2 Å². The Morgan fingerprint density at radius 3 is 2.38 bits per heavy atom. The fraction of sp³-hybridized carbons (Fsp3) is 0.174. The maximum absolute atomic E-state index is 14.8. The molecule has 0 saturated heterocycles. The highest BCUT2D eigenvalue weighted by Gasteiger charge is 2.25. The van der Waals surface area contributed by atoms with Gasteiger partial charge in [0.05, 0.1) is 29.5 Å². The third-order valence-electron chi connectivity index (χ3n) is 4.99. The van der Waals surface area contributed by atoms with E-state index in [-0.39, 0.29) is 40.8 Å². The number of ether oxygens (including phenoxy) is 2. The van der Waals surface area contributed by atoms with Crippen LogP contribution in [0.5, 0.6) is 17.4 Å². The number of aliphatic carboxylic acids is 1. The highest BCUT2D eigenvalue weighted by molar-refractivity contribution is 6.13. The zero-order valence-corrected chi connectivity index (χ0v) is 16.8. The van der Waals surface area contributed by atoms with Gasteiger partial charge in [0, 0.05) is 17.0 Å². The number of carboxylic acid groups (broad SMARTS) is 1. The molecule has 0 bridgehead atoms. The number of rotatable bonds is 7. The van der Waals surface area contributed by atoms with Crippen LogP contribution in [0.3, 0.4) is 0 Å². The van der Waals surface area contributed by atoms with Gasteiger partial charge in [-0.15, -0.1) is 0 Å². The highest BCUT2D eigenvalue weighted by Crippen LogP contribution is 2.48. The molecule has 0 aliphatic carbocycles. The number of fused-ring (bicyclic) bond motifs is 2. The number of carbonyl (C=O) groups is 1. The van der Waals surface area contributed by atoms with E-state index in [4.69, 9.17) is 14.6 Å². The Bertz CT molecular complexity index is 1330. The van der Waals surface area contributed by atoms with Crippen molar-refractivity contribution >= 4 is 27.5 Å². The molecule has 0 amide bonds. The van der Waals surface area contributed by atoms with Gasteiger partial charge in [-0.05, 0) is 24.6 Å². The van der Waals surface area contributed by atoms with Gasteiger partial charge in [0.1, 0.15) is 17.3 Å². The number of hydrogen-bond acceptors (Lipinski definition) is 4. The molecule has 0 atom stereocenters. The molecule has 0 radical (unpaired) electrons. The molecule has 32 heavy (non-hydrogen) atoms. The maximum Gasteiger partial charge on any atom is 0.387 e. The van der Waals surface area contributed by atoms with Gasteiger partial charge >= 0.3 is 12.6 Å². The summed E-state index contributed by atoms with van der Waals surface area (Å²) in [7, 11) is 0. The Morgan fingerprint density at radius 2 is 1.78 bits per heavy atom. The van der Waals surface area contributed by atoms with Gasteiger partial charge in [0.15, 0.2) is 0 Å². The van der Waals surface area contributed by atoms with Crippen LogP contribution in [-0.4, -0.2) is 34.0 Å². The molecule has 166 valence electrons. The number of halogens is 3. The zero-order chi connectivity index (χ0) is 23.0. The minimum absolute atomic E-state index is 0.0542. The first-order chi connectivity index (χ1) is 15.3. The SMILES string of the molecule is CCOc1c2ccccc2c(OC(F)F)c2c(O)n(-c3ccc(CC(=O)O)cc3F)cc12. The van der Waals surface area contributed by atoms with E-state index >= 15 is 0 Å². The van der Waals surface area contributed by atoms with Crippen LogP contribution >= 0.6 is 0 Å². The van der Waals surface area contributed by atoms with Gasteiger partial charge in [-0.1, -0.05) is 30.3 Å². The van der Waals surface area contributed by atoms with Crippen molar-refractivity contribution in [1.29, 1.82) is 0 Å². The van der Waals surface area contributed by atoms with E-state index in [0.29, 0.717) is 16.5 Å². The van der Waals surface area contributed by atoms with Crippen molar-refractivity contribution in [3.63, 3.8) is 0 Å².